The maximum Gasteiger partial charge on any atom is 0.320 e. The molecule has 1 heterocycles. The van der Waals surface area contributed by atoms with E-state index in [4.69, 9.17) is 9.15 Å². The average molecular weight is 316 g/mol. The first kappa shape index (κ1) is 15.6. The van der Waals surface area contributed by atoms with Crippen molar-refractivity contribution in [1.82, 2.24) is 9.88 Å². The third-order valence-electron chi connectivity index (χ3n) is 4.12. The van der Waals surface area contributed by atoms with E-state index in [1.54, 1.807) is 20.2 Å². The molecule has 122 valence electrons. The van der Waals surface area contributed by atoms with Gasteiger partial charge in [0.2, 0.25) is 5.89 Å². The number of benzene rings is 1. The van der Waals surface area contributed by atoms with Gasteiger partial charge in [-0.3, -0.25) is 9.69 Å². The van der Waals surface area contributed by atoms with Crippen molar-refractivity contribution in [2.24, 2.45) is 0 Å². The van der Waals surface area contributed by atoms with Crippen LogP contribution in [0.4, 0.5) is 0 Å². The van der Waals surface area contributed by atoms with Gasteiger partial charge in [0.25, 0.3) is 0 Å². The lowest BCUT2D eigenvalue weighted by Crippen LogP contribution is -2.40. The maximum atomic E-state index is 11.2. The summed E-state index contributed by atoms with van der Waals surface area (Å²) in [6, 6.07) is 7.31. The number of nitrogens with zero attached hydrogens (tertiary/aromatic N) is 2. The van der Waals surface area contributed by atoms with Crippen LogP contribution in [0.1, 0.15) is 25.7 Å². The van der Waals surface area contributed by atoms with Crippen LogP contribution in [0, 0.1) is 0 Å². The van der Waals surface area contributed by atoms with Gasteiger partial charge in [0, 0.05) is 11.6 Å². The molecular formula is C17H20N2O4. The highest BCUT2D eigenvalue weighted by Crippen LogP contribution is 2.31. The zero-order chi connectivity index (χ0) is 16.4. The monoisotopic (exact) mass is 316 g/mol. The Labute approximate surface area is 134 Å². The Balaban J connectivity index is 1.74. The summed E-state index contributed by atoms with van der Waals surface area (Å²) in [5.41, 5.74) is 0.911. The number of carboxylic acid groups (broad SMARTS) is 1. The highest BCUT2D eigenvalue weighted by Gasteiger charge is 2.35. The van der Waals surface area contributed by atoms with Crippen LogP contribution in [-0.2, 0) is 11.3 Å². The molecule has 0 amide bonds. The largest absolute Gasteiger partial charge is 0.497 e. The summed E-state index contributed by atoms with van der Waals surface area (Å²) in [7, 11) is 1.62. The number of rotatable bonds is 7. The predicted molar refractivity (Wildman–Crippen MR) is 84.2 cm³/mol. The number of oxazole rings is 1. The smallest absolute Gasteiger partial charge is 0.320 e. The normalized spacial score (nSPS) is 15.6. The topological polar surface area (TPSA) is 75.8 Å². The molecule has 1 aromatic carbocycles. The van der Waals surface area contributed by atoms with E-state index in [1.165, 1.54) is 0 Å². The Morgan fingerprint density at radius 1 is 1.43 bits per heavy atom. The van der Waals surface area contributed by atoms with Crippen LogP contribution in [0.2, 0.25) is 0 Å². The number of aliphatic carboxylic acids is 1. The van der Waals surface area contributed by atoms with Crippen molar-refractivity contribution in [2.75, 3.05) is 7.11 Å². The van der Waals surface area contributed by atoms with E-state index in [9.17, 15) is 9.90 Å². The lowest BCUT2D eigenvalue weighted by molar-refractivity contribution is -0.143. The fourth-order valence-electron chi connectivity index (χ4n) is 2.56. The summed E-state index contributed by atoms with van der Waals surface area (Å²) < 4.78 is 10.9. The van der Waals surface area contributed by atoms with Gasteiger partial charge < -0.3 is 14.3 Å². The fourth-order valence-corrected chi connectivity index (χ4v) is 2.56. The van der Waals surface area contributed by atoms with Crippen molar-refractivity contribution >= 4 is 5.97 Å². The SMILES string of the molecule is COc1ccc(-c2cnc(CN(C3CC3)C(C)C(=O)O)o2)cc1. The molecular weight excluding hydrogens is 296 g/mol. The van der Waals surface area contributed by atoms with E-state index in [0.717, 1.165) is 24.2 Å². The summed E-state index contributed by atoms with van der Waals surface area (Å²) >= 11 is 0. The number of aromatic nitrogens is 1. The van der Waals surface area contributed by atoms with E-state index in [1.807, 2.05) is 29.2 Å². The van der Waals surface area contributed by atoms with Gasteiger partial charge in [0.15, 0.2) is 5.76 Å². The zero-order valence-corrected chi connectivity index (χ0v) is 13.2. The first-order valence-electron chi connectivity index (χ1n) is 7.66. The highest BCUT2D eigenvalue weighted by atomic mass is 16.5. The lowest BCUT2D eigenvalue weighted by Gasteiger charge is -2.24. The Kier molecular flexibility index (Phi) is 4.34. The van der Waals surface area contributed by atoms with Crippen molar-refractivity contribution in [3.05, 3.63) is 36.4 Å². The Hall–Kier alpha value is -2.34. The van der Waals surface area contributed by atoms with Crippen molar-refractivity contribution in [1.29, 1.82) is 0 Å². The van der Waals surface area contributed by atoms with E-state index in [2.05, 4.69) is 4.98 Å². The molecule has 1 aliphatic rings. The van der Waals surface area contributed by atoms with Gasteiger partial charge in [-0.1, -0.05) is 0 Å². The first-order valence-corrected chi connectivity index (χ1v) is 7.66. The highest BCUT2D eigenvalue weighted by molar-refractivity contribution is 5.73. The van der Waals surface area contributed by atoms with Crippen LogP contribution in [0.5, 0.6) is 5.75 Å². The van der Waals surface area contributed by atoms with Gasteiger partial charge in [-0.2, -0.15) is 0 Å². The molecule has 1 aliphatic carbocycles. The lowest BCUT2D eigenvalue weighted by atomic mass is 10.2. The summed E-state index contributed by atoms with van der Waals surface area (Å²) in [6.07, 6.45) is 3.74. The quantitative estimate of drug-likeness (QED) is 0.846. The summed E-state index contributed by atoms with van der Waals surface area (Å²) in [4.78, 5) is 17.5. The van der Waals surface area contributed by atoms with E-state index < -0.39 is 12.0 Å². The van der Waals surface area contributed by atoms with Crippen LogP contribution in [0.3, 0.4) is 0 Å². The number of carbonyl (C=O) groups is 1. The zero-order valence-electron chi connectivity index (χ0n) is 13.2. The second-order valence-electron chi connectivity index (χ2n) is 5.76. The van der Waals surface area contributed by atoms with Gasteiger partial charge in [0.05, 0.1) is 19.9 Å². The molecule has 2 aromatic rings. The minimum Gasteiger partial charge on any atom is -0.497 e. The molecule has 23 heavy (non-hydrogen) atoms. The standard InChI is InChI=1S/C17H20N2O4/c1-11(17(20)21)19(13-5-6-13)10-16-18-9-15(23-16)12-3-7-14(22-2)8-4-12/h3-4,7-9,11,13H,5-6,10H2,1-2H3,(H,20,21). The van der Waals surface area contributed by atoms with E-state index >= 15 is 0 Å². The molecule has 0 saturated heterocycles. The first-order chi connectivity index (χ1) is 11.1. The second-order valence-corrected chi connectivity index (χ2v) is 5.76. The Morgan fingerprint density at radius 2 is 2.13 bits per heavy atom. The summed E-state index contributed by atoms with van der Waals surface area (Å²) in [5, 5.41) is 9.24. The molecule has 1 aromatic heterocycles. The molecule has 0 spiro atoms. The van der Waals surface area contributed by atoms with Gasteiger partial charge in [-0.15, -0.1) is 0 Å². The van der Waals surface area contributed by atoms with Crippen LogP contribution < -0.4 is 4.74 Å². The van der Waals surface area contributed by atoms with Gasteiger partial charge >= 0.3 is 5.97 Å². The molecule has 1 unspecified atom stereocenters. The average Bonchev–Trinajstić information content (AvgIpc) is 3.30. The molecule has 1 atom stereocenters. The molecule has 1 saturated carbocycles. The van der Waals surface area contributed by atoms with Gasteiger partial charge in [0.1, 0.15) is 11.8 Å². The van der Waals surface area contributed by atoms with Crippen molar-refractivity contribution < 1.29 is 19.1 Å². The number of hydrogen-bond acceptors (Lipinski definition) is 5. The molecule has 1 fully saturated rings. The Morgan fingerprint density at radius 3 is 2.70 bits per heavy atom. The van der Waals surface area contributed by atoms with Crippen molar-refractivity contribution in [2.45, 2.75) is 38.4 Å². The molecule has 6 nitrogen and oxygen atoms in total. The van der Waals surface area contributed by atoms with E-state index in [-0.39, 0.29) is 0 Å². The van der Waals surface area contributed by atoms with E-state index in [0.29, 0.717) is 24.2 Å². The fraction of sp³-hybridized carbons (Fsp3) is 0.412. The van der Waals surface area contributed by atoms with Crippen molar-refractivity contribution in [3.63, 3.8) is 0 Å². The number of hydrogen-bond donors (Lipinski definition) is 1. The Bertz CT molecular complexity index is 676. The number of ether oxygens (including phenoxy) is 1. The van der Waals surface area contributed by atoms with Crippen LogP contribution in [-0.4, -0.2) is 40.2 Å². The van der Waals surface area contributed by atoms with Gasteiger partial charge in [-0.05, 0) is 44.0 Å². The van der Waals surface area contributed by atoms with Crippen LogP contribution >= 0.6 is 0 Å². The summed E-state index contributed by atoms with van der Waals surface area (Å²) in [5.74, 6) is 1.17. The number of carboxylic acids is 1. The van der Waals surface area contributed by atoms with Crippen molar-refractivity contribution in [3.8, 4) is 17.1 Å². The molecule has 0 bridgehead atoms. The number of methoxy groups -OCH3 is 1. The third-order valence-corrected chi connectivity index (χ3v) is 4.12. The molecule has 3 rings (SSSR count). The van der Waals surface area contributed by atoms with Crippen LogP contribution in [0.25, 0.3) is 11.3 Å². The summed E-state index contributed by atoms with van der Waals surface area (Å²) in [6.45, 7) is 2.11. The third kappa shape index (κ3) is 3.53. The van der Waals surface area contributed by atoms with Gasteiger partial charge in [-0.25, -0.2) is 4.98 Å². The minimum atomic E-state index is -0.821. The molecule has 0 radical (unpaired) electrons. The molecule has 0 aliphatic heterocycles. The molecule has 6 heteroatoms. The second kappa shape index (κ2) is 6.42. The maximum absolute atomic E-state index is 11.2. The van der Waals surface area contributed by atoms with Crippen LogP contribution in [0.15, 0.2) is 34.9 Å². The minimum absolute atomic E-state index is 0.317. The molecule has 1 N–H and O–H groups in total. The predicted octanol–water partition coefficient (Wildman–Crippen LogP) is 2.79.